The molecule has 8 nitrogen and oxygen atoms in total. The Balaban J connectivity index is 0.00000338. The van der Waals surface area contributed by atoms with E-state index in [1.807, 2.05) is 23.1 Å². The highest BCUT2D eigenvalue weighted by Crippen LogP contribution is 2.12. The van der Waals surface area contributed by atoms with Gasteiger partial charge < -0.3 is 25.2 Å². The van der Waals surface area contributed by atoms with Crippen LogP contribution in [0.4, 0.5) is 5.82 Å². The maximum absolute atomic E-state index is 12.2. The number of amides is 2. The molecule has 0 aliphatic carbocycles. The first kappa shape index (κ1) is 25.4. The molecule has 2 N–H and O–H groups in total. The van der Waals surface area contributed by atoms with Gasteiger partial charge in [-0.1, -0.05) is 6.07 Å². The normalized spacial score (nSPS) is 13.4. The third-order valence-corrected chi connectivity index (χ3v) is 4.04. The van der Waals surface area contributed by atoms with E-state index < -0.39 is 0 Å². The van der Waals surface area contributed by atoms with Crippen molar-refractivity contribution in [1.29, 1.82) is 0 Å². The largest absolute Gasteiger partial charge is 0.383 e. The molecular formula is C17H29Cl2N5O3. The summed E-state index contributed by atoms with van der Waals surface area (Å²) in [5, 5.41) is 5.72. The van der Waals surface area contributed by atoms with E-state index in [0.717, 1.165) is 18.9 Å². The zero-order valence-electron chi connectivity index (χ0n) is 15.6. The lowest BCUT2D eigenvalue weighted by Crippen LogP contribution is -2.49. The van der Waals surface area contributed by atoms with Crippen molar-refractivity contribution in [2.75, 3.05) is 64.4 Å². The highest BCUT2D eigenvalue weighted by atomic mass is 35.5. The van der Waals surface area contributed by atoms with Gasteiger partial charge in [-0.2, -0.15) is 0 Å². The minimum absolute atomic E-state index is 0. The fraction of sp³-hybridized carbons (Fsp3) is 0.588. The number of anilines is 1. The van der Waals surface area contributed by atoms with Crippen LogP contribution >= 0.6 is 24.8 Å². The molecule has 0 aromatic carbocycles. The number of carbonyl (C=O) groups excluding carboxylic acids is 2. The summed E-state index contributed by atoms with van der Waals surface area (Å²) in [4.78, 5) is 32.2. The Morgan fingerprint density at radius 3 is 2.52 bits per heavy atom. The second-order valence-corrected chi connectivity index (χ2v) is 5.83. The van der Waals surface area contributed by atoms with E-state index in [4.69, 9.17) is 4.74 Å². The third-order valence-electron chi connectivity index (χ3n) is 4.04. The number of ether oxygens (including phenoxy) is 1. The van der Waals surface area contributed by atoms with Crippen LogP contribution in [0.15, 0.2) is 24.4 Å². The van der Waals surface area contributed by atoms with Gasteiger partial charge in [-0.15, -0.1) is 24.8 Å². The second-order valence-electron chi connectivity index (χ2n) is 5.83. The van der Waals surface area contributed by atoms with Gasteiger partial charge in [-0.05, 0) is 12.1 Å². The summed E-state index contributed by atoms with van der Waals surface area (Å²) in [5.41, 5.74) is 0. The van der Waals surface area contributed by atoms with E-state index in [1.165, 1.54) is 0 Å². The van der Waals surface area contributed by atoms with Gasteiger partial charge in [-0.25, -0.2) is 4.98 Å². The Kier molecular flexibility index (Phi) is 13.6. The van der Waals surface area contributed by atoms with Crippen LogP contribution in [0.2, 0.25) is 0 Å². The molecule has 1 saturated heterocycles. The van der Waals surface area contributed by atoms with Gasteiger partial charge in [0.15, 0.2) is 0 Å². The van der Waals surface area contributed by atoms with Crippen LogP contribution in [0.5, 0.6) is 0 Å². The number of hydrogen-bond donors (Lipinski definition) is 2. The first-order valence-electron chi connectivity index (χ1n) is 8.61. The van der Waals surface area contributed by atoms with Crippen molar-refractivity contribution in [3.63, 3.8) is 0 Å². The minimum Gasteiger partial charge on any atom is -0.383 e. The molecule has 2 rings (SSSR count). The molecule has 0 atom stereocenters. The molecule has 0 bridgehead atoms. The van der Waals surface area contributed by atoms with Crippen LogP contribution in [0, 0.1) is 0 Å². The number of aromatic nitrogens is 1. The van der Waals surface area contributed by atoms with Crippen molar-refractivity contribution in [2.24, 2.45) is 0 Å². The summed E-state index contributed by atoms with van der Waals surface area (Å²) < 4.78 is 4.89. The average molecular weight is 422 g/mol. The SMILES string of the molecule is COCCNCC(=O)NCCC(=O)N1CCN(c2ccccn2)CC1.Cl.Cl. The third kappa shape index (κ3) is 9.23. The van der Waals surface area contributed by atoms with Gasteiger partial charge in [0.1, 0.15) is 5.82 Å². The van der Waals surface area contributed by atoms with Crippen molar-refractivity contribution in [3.05, 3.63) is 24.4 Å². The molecule has 0 unspecified atom stereocenters. The maximum atomic E-state index is 12.2. The molecule has 10 heteroatoms. The van der Waals surface area contributed by atoms with Gasteiger partial charge in [0.05, 0.1) is 13.2 Å². The second kappa shape index (κ2) is 14.4. The van der Waals surface area contributed by atoms with Crippen LogP contribution in [0.25, 0.3) is 0 Å². The van der Waals surface area contributed by atoms with Gasteiger partial charge in [-0.3, -0.25) is 9.59 Å². The van der Waals surface area contributed by atoms with Crippen molar-refractivity contribution in [1.82, 2.24) is 20.5 Å². The molecule has 1 aliphatic heterocycles. The number of halogens is 2. The van der Waals surface area contributed by atoms with E-state index in [1.54, 1.807) is 13.3 Å². The number of hydrogen-bond acceptors (Lipinski definition) is 6. The predicted octanol–water partition coefficient (Wildman–Crippen LogP) is 0.316. The van der Waals surface area contributed by atoms with Crippen molar-refractivity contribution < 1.29 is 14.3 Å². The van der Waals surface area contributed by atoms with E-state index in [0.29, 0.717) is 39.2 Å². The summed E-state index contributed by atoms with van der Waals surface area (Å²) in [6, 6.07) is 5.84. The number of nitrogens with zero attached hydrogens (tertiary/aromatic N) is 3. The summed E-state index contributed by atoms with van der Waals surface area (Å²) >= 11 is 0. The number of nitrogens with one attached hydrogen (secondary N) is 2. The Bertz CT molecular complexity index is 543. The van der Waals surface area contributed by atoms with Crippen LogP contribution in [-0.4, -0.2) is 81.2 Å². The smallest absolute Gasteiger partial charge is 0.233 e. The fourth-order valence-electron chi connectivity index (χ4n) is 2.63. The Morgan fingerprint density at radius 2 is 1.89 bits per heavy atom. The highest BCUT2D eigenvalue weighted by Gasteiger charge is 2.21. The standard InChI is InChI=1S/C17H27N5O3.2ClH/c1-25-13-8-18-14-16(23)20-7-5-17(24)22-11-9-21(10-12-22)15-4-2-3-6-19-15;;/h2-4,6,18H,5,7-14H2,1H3,(H,20,23);2*1H. The summed E-state index contributed by atoms with van der Waals surface area (Å²) in [5.74, 6) is 0.917. The molecule has 2 amide bonds. The number of carbonyl (C=O) groups is 2. The Labute approximate surface area is 172 Å². The zero-order chi connectivity index (χ0) is 17.9. The predicted molar refractivity (Wildman–Crippen MR) is 110 cm³/mol. The van der Waals surface area contributed by atoms with Crippen LogP contribution in [0.1, 0.15) is 6.42 Å². The van der Waals surface area contributed by atoms with Crippen LogP contribution in [0.3, 0.4) is 0 Å². The average Bonchev–Trinajstić information content (AvgIpc) is 2.66. The molecule has 2 heterocycles. The Hall–Kier alpha value is -1.61. The first-order valence-corrected chi connectivity index (χ1v) is 8.61. The molecule has 0 spiro atoms. The quantitative estimate of drug-likeness (QED) is 0.558. The minimum atomic E-state index is -0.108. The highest BCUT2D eigenvalue weighted by molar-refractivity contribution is 5.85. The fourth-order valence-corrected chi connectivity index (χ4v) is 2.63. The lowest BCUT2D eigenvalue weighted by molar-refractivity contribution is -0.131. The zero-order valence-corrected chi connectivity index (χ0v) is 17.2. The summed E-state index contributed by atoms with van der Waals surface area (Å²) in [6.07, 6.45) is 2.10. The molecule has 27 heavy (non-hydrogen) atoms. The lowest BCUT2D eigenvalue weighted by Gasteiger charge is -2.35. The Morgan fingerprint density at radius 1 is 1.15 bits per heavy atom. The summed E-state index contributed by atoms with van der Waals surface area (Å²) in [6.45, 7) is 4.71. The molecule has 1 aromatic rings. The molecule has 1 aromatic heterocycles. The van der Waals surface area contributed by atoms with Crippen molar-refractivity contribution in [2.45, 2.75) is 6.42 Å². The molecule has 154 valence electrons. The molecule has 0 saturated carbocycles. The van der Waals surface area contributed by atoms with Gasteiger partial charge >= 0.3 is 0 Å². The van der Waals surface area contributed by atoms with Gasteiger partial charge in [0.2, 0.25) is 11.8 Å². The number of methoxy groups -OCH3 is 1. The lowest BCUT2D eigenvalue weighted by atomic mass is 10.2. The van der Waals surface area contributed by atoms with E-state index in [2.05, 4.69) is 20.5 Å². The van der Waals surface area contributed by atoms with E-state index >= 15 is 0 Å². The first-order chi connectivity index (χ1) is 12.2. The van der Waals surface area contributed by atoms with Crippen molar-refractivity contribution in [3.8, 4) is 0 Å². The van der Waals surface area contributed by atoms with E-state index in [-0.39, 0.29) is 43.2 Å². The van der Waals surface area contributed by atoms with E-state index in [9.17, 15) is 9.59 Å². The van der Waals surface area contributed by atoms with Crippen molar-refractivity contribution >= 4 is 42.4 Å². The molecular weight excluding hydrogens is 393 g/mol. The van der Waals surface area contributed by atoms with Gasteiger partial charge in [0, 0.05) is 59.0 Å². The monoisotopic (exact) mass is 421 g/mol. The number of rotatable bonds is 9. The van der Waals surface area contributed by atoms with Gasteiger partial charge in [0.25, 0.3) is 0 Å². The molecule has 0 radical (unpaired) electrons. The maximum Gasteiger partial charge on any atom is 0.233 e. The molecule has 1 aliphatic rings. The molecule has 1 fully saturated rings. The van der Waals surface area contributed by atoms with Crippen LogP contribution < -0.4 is 15.5 Å². The van der Waals surface area contributed by atoms with Crippen LogP contribution in [-0.2, 0) is 14.3 Å². The topological polar surface area (TPSA) is 86.8 Å². The summed E-state index contributed by atoms with van der Waals surface area (Å²) in [7, 11) is 1.61. The number of piperazine rings is 1. The number of pyridine rings is 1.